The monoisotopic (exact) mass is 609 g/mol. The third-order valence-corrected chi connectivity index (χ3v) is 10.6. The molecule has 3 heterocycles. The van der Waals surface area contributed by atoms with E-state index >= 15 is 0 Å². The van der Waals surface area contributed by atoms with E-state index in [1.807, 2.05) is 49.1 Å². The molecule has 3 nitrogen and oxygen atoms in total. The first-order valence-electron chi connectivity index (χ1n) is 15.7. The van der Waals surface area contributed by atoms with Gasteiger partial charge in [0.2, 0.25) is 0 Å². The second-order valence-corrected chi connectivity index (χ2v) is 17.7. The highest BCUT2D eigenvalue weighted by molar-refractivity contribution is 6.88. The molecule has 4 heteroatoms. The zero-order valence-corrected chi connectivity index (χ0v) is 27.4. The molecule has 0 bridgehead atoms. The van der Waals surface area contributed by atoms with Gasteiger partial charge in [-0.05, 0) is 87.0 Å². The third kappa shape index (κ3) is 6.21. The predicted molar refractivity (Wildman–Crippen MR) is 195 cm³/mol. The fourth-order valence-electron chi connectivity index (χ4n) is 5.90. The van der Waals surface area contributed by atoms with Crippen LogP contribution in [0.5, 0.6) is 0 Å². The number of nitrogens with zero attached hydrogens (tertiary/aromatic N) is 3. The molecule has 0 atom stereocenters. The van der Waals surface area contributed by atoms with Crippen LogP contribution in [0.3, 0.4) is 0 Å². The molecule has 46 heavy (non-hydrogen) atoms. The van der Waals surface area contributed by atoms with Crippen molar-refractivity contribution in [3.8, 4) is 67.0 Å². The SMILES string of the molecule is C[Si](C)(C)c1ccc(-c2ccc(-c3ccccc3-c3cccc(-c4cc(-c5ccncc5)nc(-c5ccncc5)c4)c3)cc2)cc1. The number of hydrogen-bond acceptors (Lipinski definition) is 3. The summed E-state index contributed by atoms with van der Waals surface area (Å²) in [7, 11) is -1.32. The lowest BCUT2D eigenvalue weighted by Gasteiger charge is -2.17. The van der Waals surface area contributed by atoms with Crippen molar-refractivity contribution in [1.29, 1.82) is 0 Å². The van der Waals surface area contributed by atoms with Gasteiger partial charge in [-0.1, -0.05) is 116 Å². The molecule has 222 valence electrons. The third-order valence-electron chi connectivity index (χ3n) is 8.49. The minimum Gasteiger partial charge on any atom is -0.265 e. The second kappa shape index (κ2) is 12.5. The van der Waals surface area contributed by atoms with Crippen molar-refractivity contribution in [3.63, 3.8) is 0 Å². The minimum absolute atomic E-state index is 0.910. The van der Waals surface area contributed by atoms with E-state index in [9.17, 15) is 0 Å². The van der Waals surface area contributed by atoms with Gasteiger partial charge in [0.25, 0.3) is 0 Å². The molecular formula is C42H35N3Si. The highest BCUT2D eigenvalue weighted by Gasteiger charge is 2.16. The summed E-state index contributed by atoms with van der Waals surface area (Å²) in [5, 5.41) is 1.48. The quantitative estimate of drug-likeness (QED) is 0.169. The van der Waals surface area contributed by atoms with Gasteiger partial charge in [0.05, 0.1) is 19.5 Å². The van der Waals surface area contributed by atoms with Crippen LogP contribution in [0.1, 0.15) is 0 Å². The summed E-state index contributed by atoms with van der Waals surface area (Å²) in [5.41, 5.74) is 13.4. The molecule has 0 spiro atoms. The van der Waals surface area contributed by atoms with E-state index in [-0.39, 0.29) is 0 Å². The fraction of sp³-hybridized carbons (Fsp3) is 0.0714. The molecule has 0 unspecified atom stereocenters. The Morgan fingerprint density at radius 1 is 0.370 bits per heavy atom. The summed E-state index contributed by atoms with van der Waals surface area (Å²) in [6.07, 6.45) is 7.24. The maximum atomic E-state index is 5.02. The van der Waals surface area contributed by atoms with Gasteiger partial charge in [0.1, 0.15) is 0 Å². The molecule has 0 radical (unpaired) electrons. The first-order chi connectivity index (χ1) is 22.4. The average Bonchev–Trinajstić information content (AvgIpc) is 3.12. The lowest BCUT2D eigenvalue weighted by Crippen LogP contribution is -2.37. The number of rotatable bonds is 7. The van der Waals surface area contributed by atoms with Crippen molar-refractivity contribution in [2.24, 2.45) is 0 Å². The van der Waals surface area contributed by atoms with Crippen LogP contribution in [-0.2, 0) is 0 Å². The molecule has 4 aromatic carbocycles. The molecule has 0 aliphatic rings. The summed E-state index contributed by atoms with van der Waals surface area (Å²) in [6, 6.07) is 47.9. The van der Waals surface area contributed by atoms with Crippen molar-refractivity contribution in [2.75, 3.05) is 0 Å². The van der Waals surface area contributed by atoms with Crippen molar-refractivity contribution in [2.45, 2.75) is 19.6 Å². The Morgan fingerprint density at radius 2 is 0.848 bits per heavy atom. The van der Waals surface area contributed by atoms with Crippen LogP contribution in [0.2, 0.25) is 19.6 Å². The van der Waals surface area contributed by atoms with Gasteiger partial charge in [-0.25, -0.2) is 4.98 Å². The van der Waals surface area contributed by atoms with Gasteiger partial charge in [0, 0.05) is 35.9 Å². The first-order valence-corrected chi connectivity index (χ1v) is 19.2. The molecule has 0 aliphatic carbocycles. The van der Waals surface area contributed by atoms with E-state index in [0.717, 1.165) is 33.6 Å². The molecule has 0 N–H and O–H groups in total. The summed E-state index contributed by atoms with van der Waals surface area (Å²) < 4.78 is 0. The van der Waals surface area contributed by atoms with Crippen LogP contribution < -0.4 is 5.19 Å². The Morgan fingerprint density at radius 3 is 1.39 bits per heavy atom. The van der Waals surface area contributed by atoms with Gasteiger partial charge >= 0.3 is 0 Å². The molecule has 3 aromatic heterocycles. The average molecular weight is 610 g/mol. The molecule has 7 rings (SSSR count). The Labute approximate surface area is 272 Å². The summed E-state index contributed by atoms with van der Waals surface area (Å²) >= 11 is 0. The van der Waals surface area contributed by atoms with Crippen molar-refractivity contribution >= 4 is 13.3 Å². The summed E-state index contributed by atoms with van der Waals surface area (Å²) in [6.45, 7) is 7.17. The molecular weight excluding hydrogens is 575 g/mol. The Balaban J connectivity index is 1.25. The van der Waals surface area contributed by atoms with E-state index < -0.39 is 8.07 Å². The van der Waals surface area contributed by atoms with Crippen LogP contribution in [0.15, 0.2) is 158 Å². The molecule has 7 aromatic rings. The van der Waals surface area contributed by atoms with E-state index in [1.54, 1.807) is 0 Å². The highest BCUT2D eigenvalue weighted by Crippen LogP contribution is 2.36. The Kier molecular flexibility index (Phi) is 7.96. The van der Waals surface area contributed by atoms with Crippen molar-refractivity contribution in [3.05, 3.63) is 158 Å². The van der Waals surface area contributed by atoms with Crippen LogP contribution in [0.25, 0.3) is 67.0 Å². The number of hydrogen-bond donors (Lipinski definition) is 0. The highest BCUT2D eigenvalue weighted by atomic mass is 28.3. The van der Waals surface area contributed by atoms with Gasteiger partial charge in [-0.2, -0.15) is 0 Å². The first kappa shape index (κ1) is 29.3. The zero-order valence-electron chi connectivity index (χ0n) is 26.4. The van der Waals surface area contributed by atoms with E-state index in [2.05, 4.69) is 139 Å². The largest absolute Gasteiger partial charge is 0.265 e. The van der Waals surface area contributed by atoms with Gasteiger partial charge in [-0.3, -0.25) is 9.97 Å². The molecule has 0 saturated heterocycles. The molecule has 0 amide bonds. The Hall–Kier alpha value is -5.45. The van der Waals surface area contributed by atoms with Crippen LogP contribution in [0.4, 0.5) is 0 Å². The maximum absolute atomic E-state index is 5.02. The summed E-state index contributed by atoms with van der Waals surface area (Å²) in [4.78, 5) is 13.4. The standard InChI is InChI=1S/C42H35N3Si/c1-46(2,3)38-17-15-31(16-18-38)30-11-13-32(14-12-30)39-9-4-5-10-40(39)36-8-6-7-35(27-36)37-28-41(33-19-23-43-24-20-33)45-42(29-37)34-21-25-44-26-22-34/h4-29H,1-3H3. The van der Waals surface area contributed by atoms with Gasteiger partial charge in [-0.15, -0.1) is 0 Å². The van der Waals surface area contributed by atoms with Crippen molar-refractivity contribution in [1.82, 2.24) is 15.0 Å². The number of aromatic nitrogens is 3. The molecule has 0 saturated carbocycles. The van der Waals surface area contributed by atoms with E-state index in [0.29, 0.717) is 0 Å². The fourth-order valence-corrected chi connectivity index (χ4v) is 7.06. The van der Waals surface area contributed by atoms with E-state index in [1.165, 1.54) is 38.6 Å². The van der Waals surface area contributed by atoms with Crippen LogP contribution in [-0.4, -0.2) is 23.0 Å². The summed E-state index contributed by atoms with van der Waals surface area (Å²) in [5.74, 6) is 0. The minimum atomic E-state index is -1.32. The lowest BCUT2D eigenvalue weighted by atomic mass is 9.91. The predicted octanol–water partition coefficient (Wildman–Crippen LogP) is 10.4. The lowest BCUT2D eigenvalue weighted by molar-refractivity contribution is 1.27. The second-order valence-electron chi connectivity index (χ2n) is 12.6. The smallest absolute Gasteiger partial charge is 0.0775 e. The normalized spacial score (nSPS) is 11.4. The Bertz CT molecular complexity index is 2040. The van der Waals surface area contributed by atoms with Crippen LogP contribution >= 0.6 is 0 Å². The molecule has 0 aliphatic heterocycles. The topological polar surface area (TPSA) is 38.7 Å². The zero-order chi connectivity index (χ0) is 31.5. The molecule has 0 fully saturated rings. The van der Waals surface area contributed by atoms with Gasteiger partial charge in [0.15, 0.2) is 0 Å². The van der Waals surface area contributed by atoms with Gasteiger partial charge < -0.3 is 0 Å². The maximum Gasteiger partial charge on any atom is 0.0775 e. The van der Waals surface area contributed by atoms with Crippen LogP contribution in [0, 0.1) is 0 Å². The van der Waals surface area contributed by atoms with E-state index in [4.69, 9.17) is 4.98 Å². The number of pyridine rings is 3. The number of benzene rings is 4. The van der Waals surface area contributed by atoms with Crippen molar-refractivity contribution < 1.29 is 0 Å².